The maximum absolute atomic E-state index is 5.13. The van der Waals surface area contributed by atoms with Gasteiger partial charge < -0.3 is 15.0 Å². The van der Waals surface area contributed by atoms with Gasteiger partial charge in [-0.25, -0.2) is 4.98 Å². The number of hydrogen-bond donors (Lipinski definition) is 1. The van der Waals surface area contributed by atoms with Crippen LogP contribution in [-0.2, 0) is 6.54 Å². The van der Waals surface area contributed by atoms with Gasteiger partial charge in [-0.05, 0) is 23.8 Å². The molecule has 0 unspecified atom stereocenters. The zero-order chi connectivity index (χ0) is 13.7. The minimum absolute atomic E-state index is 0.694. The molecular weight excluding hydrogens is 240 g/mol. The van der Waals surface area contributed by atoms with E-state index >= 15 is 0 Å². The van der Waals surface area contributed by atoms with E-state index in [1.165, 1.54) is 5.56 Å². The first-order chi connectivity index (χ1) is 9.19. The summed E-state index contributed by atoms with van der Waals surface area (Å²) in [4.78, 5) is 10.4. The summed E-state index contributed by atoms with van der Waals surface area (Å²) in [6.45, 7) is 0.716. The van der Waals surface area contributed by atoms with Crippen molar-refractivity contribution in [2.45, 2.75) is 6.54 Å². The second-order valence-electron chi connectivity index (χ2n) is 4.34. The van der Waals surface area contributed by atoms with Crippen molar-refractivity contribution in [3.8, 4) is 5.75 Å². The Bertz CT molecular complexity index is 525. The lowest BCUT2D eigenvalue weighted by atomic mass is 10.2. The first-order valence-corrected chi connectivity index (χ1v) is 6.06. The highest BCUT2D eigenvalue weighted by Crippen LogP contribution is 2.13. The summed E-state index contributed by atoms with van der Waals surface area (Å²) in [6.07, 6.45) is 1.75. The van der Waals surface area contributed by atoms with Crippen molar-refractivity contribution in [2.24, 2.45) is 0 Å². The third kappa shape index (κ3) is 3.58. The molecule has 19 heavy (non-hydrogen) atoms. The molecule has 0 spiro atoms. The summed E-state index contributed by atoms with van der Waals surface area (Å²) in [6, 6.07) is 9.81. The van der Waals surface area contributed by atoms with Crippen molar-refractivity contribution in [2.75, 3.05) is 31.4 Å². The molecule has 0 aliphatic carbocycles. The lowest BCUT2D eigenvalue weighted by molar-refractivity contribution is 0.414. The van der Waals surface area contributed by atoms with Gasteiger partial charge in [0.05, 0.1) is 7.11 Å². The Kier molecular flexibility index (Phi) is 4.18. The molecule has 1 N–H and O–H groups in total. The number of ether oxygens (including phenoxy) is 1. The maximum atomic E-state index is 5.13. The molecule has 2 rings (SSSR count). The predicted octanol–water partition coefficient (Wildman–Crippen LogP) is 2.16. The van der Waals surface area contributed by atoms with E-state index in [0.29, 0.717) is 12.5 Å². The van der Waals surface area contributed by atoms with Crippen LogP contribution in [0.5, 0.6) is 5.75 Å². The Morgan fingerprint density at radius 1 is 1.16 bits per heavy atom. The van der Waals surface area contributed by atoms with Crippen LogP contribution >= 0.6 is 0 Å². The van der Waals surface area contributed by atoms with Gasteiger partial charge in [0, 0.05) is 26.8 Å². The molecule has 0 saturated carbocycles. The molecule has 0 bridgehead atoms. The fourth-order valence-electron chi connectivity index (χ4n) is 1.60. The first-order valence-electron chi connectivity index (χ1n) is 6.06. The van der Waals surface area contributed by atoms with E-state index in [9.17, 15) is 0 Å². The monoisotopic (exact) mass is 258 g/mol. The summed E-state index contributed by atoms with van der Waals surface area (Å²) in [5, 5.41) is 3.28. The number of nitrogens with zero attached hydrogens (tertiary/aromatic N) is 3. The van der Waals surface area contributed by atoms with Crippen LogP contribution in [0.25, 0.3) is 0 Å². The molecule has 100 valence electrons. The number of hydrogen-bond acceptors (Lipinski definition) is 5. The van der Waals surface area contributed by atoms with Crippen LogP contribution < -0.4 is 15.0 Å². The van der Waals surface area contributed by atoms with Crippen LogP contribution in [0.4, 0.5) is 11.8 Å². The molecule has 5 heteroatoms. The van der Waals surface area contributed by atoms with Crippen LogP contribution in [0.2, 0.25) is 0 Å². The molecule has 2 aromatic rings. The molecule has 1 aromatic carbocycles. The van der Waals surface area contributed by atoms with E-state index < -0.39 is 0 Å². The van der Waals surface area contributed by atoms with Gasteiger partial charge >= 0.3 is 0 Å². The zero-order valence-electron chi connectivity index (χ0n) is 11.4. The highest BCUT2D eigenvalue weighted by atomic mass is 16.5. The Morgan fingerprint density at radius 2 is 1.89 bits per heavy atom. The molecule has 0 aliphatic rings. The maximum Gasteiger partial charge on any atom is 0.226 e. The quantitative estimate of drug-likeness (QED) is 0.890. The summed E-state index contributed by atoms with van der Waals surface area (Å²) >= 11 is 0. The molecule has 1 heterocycles. The Hall–Kier alpha value is -2.30. The van der Waals surface area contributed by atoms with Gasteiger partial charge in [-0.3, -0.25) is 0 Å². The number of aromatic nitrogens is 2. The van der Waals surface area contributed by atoms with Crippen molar-refractivity contribution in [3.05, 3.63) is 42.1 Å². The number of rotatable bonds is 5. The van der Waals surface area contributed by atoms with Gasteiger partial charge in [-0.15, -0.1) is 0 Å². The van der Waals surface area contributed by atoms with Crippen molar-refractivity contribution in [1.29, 1.82) is 0 Å². The lowest BCUT2D eigenvalue weighted by Crippen LogP contribution is -2.13. The van der Waals surface area contributed by atoms with Crippen LogP contribution in [0.3, 0.4) is 0 Å². The van der Waals surface area contributed by atoms with Gasteiger partial charge in [-0.2, -0.15) is 4.98 Å². The summed E-state index contributed by atoms with van der Waals surface area (Å²) < 4.78 is 5.13. The second kappa shape index (κ2) is 6.04. The fraction of sp³-hybridized carbons (Fsp3) is 0.286. The SMILES string of the molecule is COc1ccc(CNc2ccnc(N(C)C)n2)cc1. The third-order valence-corrected chi connectivity index (χ3v) is 2.68. The molecule has 0 saturated heterocycles. The number of anilines is 2. The van der Waals surface area contributed by atoms with E-state index in [4.69, 9.17) is 4.74 Å². The standard InChI is InChI=1S/C14H18N4O/c1-18(2)14-15-9-8-13(17-14)16-10-11-4-6-12(19-3)7-5-11/h4-9H,10H2,1-3H3,(H,15,16,17). The van der Waals surface area contributed by atoms with Crippen LogP contribution in [0.15, 0.2) is 36.5 Å². The highest BCUT2D eigenvalue weighted by Gasteiger charge is 2.01. The highest BCUT2D eigenvalue weighted by molar-refractivity contribution is 5.41. The first kappa shape index (κ1) is 13.1. The van der Waals surface area contributed by atoms with Gasteiger partial charge in [0.2, 0.25) is 5.95 Å². The second-order valence-corrected chi connectivity index (χ2v) is 4.34. The average Bonchev–Trinajstić information content (AvgIpc) is 2.46. The van der Waals surface area contributed by atoms with Crippen molar-refractivity contribution < 1.29 is 4.74 Å². The number of benzene rings is 1. The summed E-state index contributed by atoms with van der Waals surface area (Å²) in [7, 11) is 5.50. The molecule has 0 fully saturated rings. The minimum Gasteiger partial charge on any atom is -0.497 e. The number of nitrogens with one attached hydrogen (secondary N) is 1. The summed E-state index contributed by atoms with van der Waals surface area (Å²) in [5.41, 5.74) is 1.17. The Labute approximate surface area is 113 Å². The van der Waals surface area contributed by atoms with E-state index in [1.807, 2.05) is 49.3 Å². The molecular formula is C14H18N4O. The normalized spacial score (nSPS) is 10.1. The minimum atomic E-state index is 0.694. The van der Waals surface area contributed by atoms with E-state index in [0.717, 1.165) is 11.6 Å². The van der Waals surface area contributed by atoms with Crippen LogP contribution in [0.1, 0.15) is 5.56 Å². The molecule has 0 aliphatic heterocycles. The van der Waals surface area contributed by atoms with E-state index in [-0.39, 0.29) is 0 Å². The van der Waals surface area contributed by atoms with Crippen molar-refractivity contribution in [1.82, 2.24) is 9.97 Å². The smallest absolute Gasteiger partial charge is 0.226 e. The molecule has 0 atom stereocenters. The summed E-state index contributed by atoms with van der Waals surface area (Å²) in [5.74, 6) is 2.37. The number of methoxy groups -OCH3 is 1. The van der Waals surface area contributed by atoms with Gasteiger partial charge in [0.1, 0.15) is 11.6 Å². The lowest BCUT2D eigenvalue weighted by Gasteiger charge is -2.11. The van der Waals surface area contributed by atoms with E-state index in [2.05, 4.69) is 15.3 Å². The van der Waals surface area contributed by atoms with Gasteiger partial charge in [-0.1, -0.05) is 12.1 Å². The van der Waals surface area contributed by atoms with E-state index in [1.54, 1.807) is 13.3 Å². The van der Waals surface area contributed by atoms with Crippen LogP contribution in [0, 0.1) is 0 Å². The average molecular weight is 258 g/mol. The Morgan fingerprint density at radius 3 is 2.53 bits per heavy atom. The van der Waals surface area contributed by atoms with Gasteiger partial charge in [0.15, 0.2) is 0 Å². The fourth-order valence-corrected chi connectivity index (χ4v) is 1.60. The topological polar surface area (TPSA) is 50.3 Å². The van der Waals surface area contributed by atoms with Crippen LogP contribution in [-0.4, -0.2) is 31.2 Å². The molecule has 1 aromatic heterocycles. The van der Waals surface area contributed by atoms with Crippen molar-refractivity contribution in [3.63, 3.8) is 0 Å². The zero-order valence-corrected chi connectivity index (χ0v) is 11.4. The molecule has 5 nitrogen and oxygen atoms in total. The third-order valence-electron chi connectivity index (χ3n) is 2.68. The molecule has 0 radical (unpaired) electrons. The predicted molar refractivity (Wildman–Crippen MR) is 76.7 cm³/mol. The Balaban J connectivity index is 1.99. The largest absolute Gasteiger partial charge is 0.497 e. The van der Waals surface area contributed by atoms with Gasteiger partial charge in [0.25, 0.3) is 0 Å². The molecule has 0 amide bonds. The van der Waals surface area contributed by atoms with Crippen molar-refractivity contribution >= 4 is 11.8 Å².